The molecule has 1 amide bonds. The minimum Gasteiger partial charge on any atom is -0.298 e. The van der Waals surface area contributed by atoms with Crippen molar-refractivity contribution in [3.8, 4) is 0 Å². The van der Waals surface area contributed by atoms with Gasteiger partial charge in [-0.05, 0) is 39.0 Å². The van der Waals surface area contributed by atoms with Gasteiger partial charge in [0.15, 0.2) is 5.13 Å². The molecule has 0 spiro atoms. The maximum absolute atomic E-state index is 12.2. The normalized spacial score (nSPS) is 11.6. The van der Waals surface area contributed by atoms with Gasteiger partial charge >= 0.3 is 0 Å². The first-order valence-electron chi connectivity index (χ1n) is 6.64. The van der Waals surface area contributed by atoms with E-state index in [0.29, 0.717) is 5.13 Å². The largest absolute Gasteiger partial charge is 0.298 e. The third kappa shape index (κ3) is 4.12. The van der Waals surface area contributed by atoms with Crippen LogP contribution in [0.2, 0.25) is 0 Å². The fourth-order valence-corrected chi connectivity index (χ4v) is 3.72. The zero-order valence-corrected chi connectivity index (χ0v) is 14.1. The van der Waals surface area contributed by atoms with E-state index in [1.807, 2.05) is 6.92 Å². The Hall–Kier alpha value is -1.77. The van der Waals surface area contributed by atoms with Gasteiger partial charge in [-0.3, -0.25) is 10.1 Å². The van der Waals surface area contributed by atoms with E-state index < -0.39 is 15.9 Å². The minimum atomic E-state index is -3.63. The van der Waals surface area contributed by atoms with Crippen molar-refractivity contribution in [2.75, 3.05) is 5.32 Å². The number of thiazole rings is 1. The molecule has 0 saturated carbocycles. The van der Waals surface area contributed by atoms with Crippen molar-refractivity contribution < 1.29 is 13.2 Å². The Bertz CT molecular complexity index is 782. The molecule has 0 saturated heterocycles. The Balaban J connectivity index is 2.22. The first-order chi connectivity index (χ1) is 10.3. The molecular weight excluding hydrogens is 322 g/mol. The molecular formula is C14H17N3O3S2. The van der Waals surface area contributed by atoms with Gasteiger partial charge in [-0.2, -0.15) is 0 Å². The summed E-state index contributed by atoms with van der Waals surface area (Å²) in [6, 6.07) is 5.68. The molecule has 2 rings (SSSR count). The highest BCUT2D eigenvalue weighted by atomic mass is 32.2. The van der Waals surface area contributed by atoms with Gasteiger partial charge < -0.3 is 0 Å². The monoisotopic (exact) mass is 339 g/mol. The lowest BCUT2D eigenvalue weighted by molar-refractivity contribution is 0.102. The van der Waals surface area contributed by atoms with Crippen LogP contribution in [0.15, 0.2) is 35.4 Å². The summed E-state index contributed by atoms with van der Waals surface area (Å²) in [5.41, 5.74) is 0.263. The molecule has 0 radical (unpaired) electrons. The number of aromatic nitrogens is 1. The average molecular weight is 339 g/mol. The van der Waals surface area contributed by atoms with Crippen LogP contribution >= 0.6 is 11.3 Å². The highest BCUT2D eigenvalue weighted by Crippen LogP contribution is 2.18. The summed E-state index contributed by atoms with van der Waals surface area (Å²) in [5, 5.41) is 3.13. The minimum absolute atomic E-state index is 0.0594. The molecule has 0 atom stereocenters. The molecule has 1 aromatic carbocycles. The fraction of sp³-hybridized carbons (Fsp3) is 0.286. The lowest BCUT2D eigenvalue weighted by Crippen LogP contribution is -2.30. The first kappa shape index (κ1) is 16.6. The maximum atomic E-state index is 12.2. The van der Waals surface area contributed by atoms with Crippen LogP contribution in [0, 0.1) is 6.92 Å². The summed E-state index contributed by atoms with van der Waals surface area (Å²) in [5.74, 6) is -0.393. The van der Waals surface area contributed by atoms with Gasteiger partial charge in [0.25, 0.3) is 5.91 Å². The number of rotatable bonds is 5. The Morgan fingerprint density at radius 2 is 2.05 bits per heavy atom. The van der Waals surface area contributed by atoms with Crippen molar-refractivity contribution >= 4 is 32.4 Å². The van der Waals surface area contributed by atoms with Crippen LogP contribution in [0.1, 0.15) is 29.1 Å². The smallest absolute Gasteiger partial charge is 0.257 e. The Morgan fingerprint density at radius 3 is 2.64 bits per heavy atom. The van der Waals surface area contributed by atoms with Crippen molar-refractivity contribution in [1.29, 1.82) is 0 Å². The van der Waals surface area contributed by atoms with Crippen LogP contribution in [-0.2, 0) is 10.0 Å². The van der Waals surface area contributed by atoms with Crippen LogP contribution in [0.3, 0.4) is 0 Å². The van der Waals surface area contributed by atoms with E-state index >= 15 is 0 Å². The van der Waals surface area contributed by atoms with Gasteiger partial charge in [-0.15, -0.1) is 11.3 Å². The van der Waals surface area contributed by atoms with Crippen molar-refractivity contribution in [2.45, 2.75) is 31.7 Å². The molecule has 0 fully saturated rings. The number of anilines is 1. The first-order valence-corrected chi connectivity index (χ1v) is 8.94. The SMILES string of the molecule is Cc1cnc(NC(=O)c2cccc(S(=O)(=O)NC(C)C)c2)s1. The number of nitrogens with one attached hydrogen (secondary N) is 2. The molecule has 1 aromatic heterocycles. The zero-order valence-electron chi connectivity index (χ0n) is 12.5. The highest BCUT2D eigenvalue weighted by molar-refractivity contribution is 7.89. The summed E-state index contributed by atoms with van der Waals surface area (Å²) < 4.78 is 26.7. The molecule has 0 aliphatic heterocycles. The molecule has 22 heavy (non-hydrogen) atoms. The number of carbonyl (C=O) groups excluding carboxylic acids is 1. The molecule has 2 aromatic rings. The molecule has 1 heterocycles. The summed E-state index contributed by atoms with van der Waals surface area (Å²) in [6.07, 6.45) is 1.66. The number of hydrogen-bond acceptors (Lipinski definition) is 5. The summed E-state index contributed by atoms with van der Waals surface area (Å²) >= 11 is 1.36. The van der Waals surface area contributed by atoms with Crippen molar-refractivity contribution in [2.24, 2.45) is 0 Å². The third-order valence-electron chi connectivity index (χ3n) is 2.64. The summed E-state index contributed by atoms with van der Waals surface area (Å²) in [6.45, 7) is 5.36. The Labute approximate surface area is 133 Å². The third-order valence-corrected chi connectivity index (χ3v) is 5.12. The molecule has 118 valence electrons. The topological polar surface area (TPSA) is 88.2 Å². The molecule has 0 unspecified atom stereocenters. The van der Waals surface area contributed by atoms with E-state index in [9.17, 15) is 13.2 Å². The van der Waals surface area contributed by atoms with Crippen LogP contribution in [-0.4, -0.2) is 25.4 Å². The van der Waals surface area contributed by atoms with Gasteiger partial charge in [0.1, 0.15) is 0 Å². The van der Waals surface area contributed by atoms with Crippen LogP contribution < -0.4 is 10.0 Å². The molecule has 8 heteroatoms. The number of aryl methyl sites for hydroxylation is 1. The number of benzene rings is 1. The van der Waals surface area contributed by atoms with E-state index in [-0.39, 0.29) is 16.5 Å². The van der Waals surface area contributed by atoms with Gasteiger partial charge in [0.2, 0.25) is 10.0 Å². The summed E-state index contributed by atoms with van der Waals surface area (Å²) in [7, 11) is -3.63. The second-order valence-electron chi connectivity index (χ2n) is 5.03. The van der Waals surface area contributed by atoms with Crippen LogP contribution in [0.25, 0.3) is 0 Å². The molecule has 0 bridgehead atoms. The quantitative estimate of drug-likeness (QED) is 0.875. The zero-order chi connectivity index (χ0) is 16.3. The lowest BCUT2D eigenvalue weighted by Gasteiger charge is -2.10. The predicted molar refractivity (Wildman–Crippen MR) is 86.7 cm³/mol. The second-order valence-corrected chi connectivity index (χ2v) is 7.98. The fourth-order valence-electron chi connectivity index (χ4n) is 1.76. The Morgan fingerprint density at radius 1 is 1.32 bits per heavy atom. The Kier molecular flexibility index (Phi) is 4.94. The van der Waals surface area contributed by atoms with Crippen molar-refractivity contribution in [3.05, 3.63) is 40.9 Å². The van der Waals surface area contributed by atoms with E-state index in [0.717, 1.165) is 4.88 Å². The predicted octanol–water partition coefficient (Wildman–Crippen LogP) is 2.39. The molecule has 0 aliphatic carbocycles. The van der Waals surface area contributed by atoms with Gasteiger partial charge in [0.05, 0.1) is 4.90 Å². The number of hydrogen-bond donors (Lipinski definition) is 2. The maximum Gasteiger partial charge on any atom is 0.257 e. The van der Waals surface area contributed by atoms with Crippen molar-refractivity contribution in [3.63, 3.8) is 0 Å². The second kappa shape index (κ2) is 6.55. The van der Waals surface area contributed by atoms with E-state index in [1.165, 1.54) is 29.5 Å². The average Bonchev–Trinajstić information content (AvgIpc) is 2.83. The van der Waals surface area contributed by atoms with E-state index in [1.54, 1.807) is 26.1 Å². The van der Waals surface area contributed by atoms with E-state index in [4.69, 9.17) is 0 Å². The standard InChI is InChI=1S/C14H17N3O3S2/c1-9(2)17-22(19,20)12-6-4-5-11(7-12)13(18)16-14-15-8-10(3)21-14/h4-9,17H,1-3H3,(H,15,16,18). The number of amides is 1. The van der Waals surface area contributed by atoms with Crippen LogP contribution in [0.5, 0.6) is 0 Å². The number of sulfonamides is 1. The number of nitrogens with zero attached hydrogens (tertiary/aromatic N) is 1. The van der Waals surface area contributed by atoms with Gasteiger partial charge in [0, 0.05) is 22.7 Å². The lowest BCUT2D eigenvalue weighted by atomic mass is 10.2. The van der Waals surface area contributed by atoms with Crippen molar-refractivity contribution in [1.82, 2.24) is 9.71 Å². The van der Waals surface area contributed by atoms with Gasteiger partial charge in [-0.25, -0.2) is 18.1 Å². The molecule has 6 nitrogen and oxygen atoms in total. The number of carbonyl (C=O) groups is 1. The van der Waals surface area contributed by atoms with E-state index in [2.05, 4.69) is 15.0 Å². The highest BCUT2D eigenvalue weighted by Gasteiger charge is 2.17. The molecule has 2 N–H and O–H groups in total. The van der Waals surface area contributed by atoms with Gasteiger partial charge in [-0.1, -0.05) is 6.07 Å². The summed E-state index contributed by atoms with van der Waals surface area (Å²) in [4.78, 5) is 17.3. The molecule has 0 aliphatic rings. The van der Waals surface area contributed by atoms with Crippen LogP contribution in [0.4, 0.5) is 5.13 Å².